The zero-order valence-electron chi connectivity index (χ0n) is 18.6. The molecule has 8 nitrogen and oxygen atoms in total. The molecule has 0 spiro atoms. The molecule has 2 aromatic carbocycles. The van der Waals surface area contributed by atoms with Crippen molar-refractivity contribution in [3.8, 4) is 22.4 Å². The minimum atomic E-state index is -0.765. The van der Waals surface area contributed by atoms with E-state index in [0.29, 0.717) is 21.9 Å². The van der Waals surface area contributed by atoms with Crippen molar-refractivity contribution in [3.05, 3.63) is 66.2 Å². The van der Waals surface area contributed by atoms with E-state index >= 15 is 0 Å². The van der Waals surface area contributed by atoms with Gasteiger partial charge in [0.2, 0.25) is 0 Å². The number of rotatable bonds is 4. The van der Waals surface area contributed by atoms with E-state index in [9.17, 15) is 5.11 Å². The number of nitrogens with zero attached hydrogens (tertiary/aromatic N) is 4. The lowest BCUT2D eigenvalue weighted by atomic mass is 9.97. The number of imidazole rings is 1. The second-order valence-corrected chi connectivity index (χ2v) is 9.35. The number of aliphatic hydroxyl groups excluding tert-OH is 1. The molecule has 4 aromatic rings. The number of hydrogen-bond donors (Lipinski definition) is 1. The van der Waals surface area contributed by atoms with Crippen molar-refractivity contribution >= 4 is 22.8 Å². The van der Waals surface area contributed by atoms with Crippen molar-refractivity contribution in [3.63, 3.8) is 0 Å². The van der Waals surface area contributed by atoms with E-state index in [0.717, 1.165) is 16.7 Å². The third kappa shape index (κ3) is 3.50. The lowest BCUT2D eigenvalue weighted by molar-refractivity contribution is -0.199. The highest BCUT2D eigenvalue weighted by Crippen LogP contribution is 2.44. The van der Waals surface area contributed by atoms with Crippen LogP contribution in [0.2, 0.25) is 5.02 Å². The van der Waals surface area contributed by atoms with Crippen LogP contribution in [-0.2, 0) is 14.2 Å². The minimum absolute atomic E-state index is 0.168. The van der Waals surface area contributed by atoms with Crippen LogP contribution < -0.4 is 0 Å². The fraction of sp³-hybridized carbons (Fsp3) is 0.320. The molecule has 0 radical (unpaired) electrons. The van der Waals surface area contributed by atoms with Crippen molar-refractivity contribution in [2.75, 3.05) is 6.61 Å². The zero-order valence-corrected chi connectivity index (χ0v) is 19.4. The first kappa shape index (κ1) is 21.6. The van der Waals surface area contributed by atoms with Gasteiger partial charge >= 0.3 is 0 Å². The maximum atomic E-state index is 9.84. The number of benzene rings is 2. The van der Waals surface area contributed by atoms with Gasteiger partial charge in [0, 0.05) is 10.6 Å². The Labute approximate surface area is 201 Å². The van der Waals surface area contributed by atoms with Gasteiger partial charge in [-0.25, -0.2) is 15.0 Å². The Kier molecular flexibility index (Phi) is 5.16. The van der Waals surface area contributed by atoms with Gasteiger partial charge in [0.15, 0.2) is 17.7 Å². The first-order valence-corrected chi connectivity index (χ1v) is 11.5. The molecule has 4 unspecified atom stereocenters. The smallest absolute Gasteiger partial charge is 0.166 e. The minimum Gasteiger partial charge on any atom is -0.394 e. The summed E-state index contributed by atoms with van der Waals surface area (Å²) in [5.41, 5.74) is 4.95. The number of fused-ring (bicyclic) bond motifs is 2. The van der Waals surface area contributed by atoms with Gasteiger partial charge in [0.25, 0.3) is 0 Å². The fourth-order valence-electron chi connectivity index (χ4n) is 4.84. The van der Waals surface area contributed by atoms with E-state index < -0.39 is 24.2 Å². The largest absolute Gasteiger partial charge is 0.394 e. The Morgan fingerprint density at radius 2 is 1.71 bits per heavy atom. The Balaban J connectivity index is 1.45. The van der Waals surface area contributed by atoms with Crippen molar-refractivity contribution in [1.82, 2.24) is 19.5 Å². The van der Waals surface area contributed by atoms with Crippen molar-refractivity contribution in [2.45, 2.75) is 44.2 Å². The molecule has 9 heteroatoms. The van der Waals surface area contributed by atoms with Crippen LogP contribution in [0.1, 0.15) is 20.1 Å². The molecule has 4 atom stereocenters. The van der Waals surface area contributed by atoms with Crippen molar-refractivity contribution in [2.24, 2.45) is 0 Å². The van der Waals surface area contributed by atoms with E-state index in [1.54, 1.807) is 6.33 Å². The second kappa shape index (κ2) is 8.11. The molecule has 0 bridgehead atoms. The average Bonchev–Trinajstić information content (AvgIpc) is 3.50. The van der Waals surface area contributed by atoms with Crippen LogP contribution in [0.4, 0.5) is 0 Å². The number of aromatic nitrogens is 4. The van der Waals surface area contributed by atoms with Crippen LogP contribution in [0.5, 0.6) is 0 Å². The maximum Gasteiger partial charge on any atom is 0.166 e. The van der Waals surface area contributed by atoms with E-state index in [1.165, 1.54) is 6.33 Å². The van der Waals surface area contributed by atoms with E-state index in [1.807, 2.05) is 66.9 Å². The molecule has 0 amide bonds. The number of ether oxygens (including phenoxy) is 3. The maximum absolute atomic E-state index is 9.84. The predicted molar refractivity (Wildman–Crippen MR) is 126 cm³/mol. The molecule has 2 saturated heterocycles. The molecule has 0 aliphatic carbocycles. The molecule has 1 N–H and O–H groups in total. The average molecular weight is 479 g/mol. The first-order chi connectivity index (χ1) is 16.4. The highest BCUT2D eigenvalue weighted by molar-refractivity contribution is 6.30. The molecule has 174 valence electrons. The summed E-state index contributed by atoms with van der Waals surface area (Å²) in [5, 5.41) is 10.5. The Morgan fingerprint density at radius 1 is 0.971 bits per heavy atom. The van der Waals surface area contributed by atoms with Gasteiger partial charge in [0.1, 0.15) is 35.8 Å². The number of halogens is 1. The van der Waals surface area contributed by atoms with Gasteiger partial charge < -0.3 is 19.3 Å². The Morgan fingerprint density at radius 3 is 2.47 bits per heavy atom. The van der Waals surface area contributed by atoms with Crippen molar-refractivity contribution in [1.29, 1.82) is 0 Å². The quantitative estimate of drug-likeness (QED) is 0.469. The lowest BCUT2D eigenvalue weighted by Crippen LogP contribution is -2.31. The molecular weight excluding hydrogens is 456 g/mol. The summed E-state index contributed by atoms with van der Waals surface area (Å²) in [6, 6.07) is 15.7. The SMILES string of the molecule is CC1(C)OC2C(CO)OC(n3cnc4c(-c5ccccc5-c5ccc(Cl)cc5)ncnc43)C2O1. The van der Waals surface area contributed by atoms with Gasteiger partial charge in [-0.2, -0.15) is 0 Å². The Hall–Kier alpha value is -2.88. The normalized spacial score (nSPS) is 25.6. The van der Waals surface area contributed by atoms with Crippen molar-refractivity contribution < 1.29 is 19.3 Å². The topological polar surface area (TPSA) is 91.5 Å². The first-order valence-electron chi connectivity index (χ1n) is 11.1. The zero-order chi connectivity index (χ0) is 23.4. The molecule has 2 fully saturated rings. The molecule has 4 heterocycles. The fourth-order valence-corrected chi connectivity index (χ4v) is 4.96. The summed E-state index contributed by atoms with van der Waals surface area (Å²) in [6.07, 6.45) is 1.40. The summed E-state index contributed by atoms with van der Waals surface area (Å²) in [5.74, 6) is -0.765. The van der Waals surface area contributed by atoms with Gasteiger partial charge in [-0.15, -0.1) is 0 Å². The van der Waals surface area contributed by atoms with E-state index in [4.69, 9.17) is 25.8 Å². The summed E-state index contributed by atoms with van der Waals surface area (Å²) >= 11 is 6.10. The highest BCUT2D eigenvalue weighted by atomic mass is 35.5. The van der Waals surface area contributed by atoms with Crippen LogP contribution in [0.25, 0.3) is 33.5 Å². The van der Waals surface area contributed by atoms with Crippen LogP contribution in [0.15, 0.2) is 61.2 Å². The van der Waals surface area contributed by atoms with Gasteiger partial charge in [0.05, 0.1) is 12.9 Å². The molecule has 2 aromatic heterocycles. The third-order valence-corrected chi connectivity index (χ3v) is 6.53. The van der Waals surface area contributed by atoms with Crippen LogP contribution >= 0.6 is 11.6 Å². The summed E-state index contributed by atoms with van der Waals surface area (Å²) in [7, 11) is 0. The molecule has 6 rings (SSSR count). The standard InChI is InChI=1S/C25H23ClN4O4/c1-25(2)33-21-18(11-31)32-24(22(21)34-25)30-13-29-20-19(27-12-28-23(20)30)17-6-4-3-5-16(17)14-7-9-15(26)10-8-14/h3-10,12-13,18,21-22,24,31H,11H2,1-2H3. The van der Waals surface area contributed by atoms with Gasteiger partial charge in [-0.1, -0.05) is 48.0 Å². The summed E-state index contributed by atoms with van der Waals surface area (Å²) in [4.78, 5) is 13.8. The second-order valence-electron chi connectivity index (χ2n) is 8.91. The van der Waals surface area contributed by atoms with E-state index in [2.05, 4.69) is 15.0 Å². The molecular formula is C25H23ClN4O4. The Bertz CT molecular complexity index is 1360. The van der Waals surface area contributed by atoms with Gasteiger partial charge in [-0.3, -0.25) is 4.57 Å². The monoisotopic (exact) mass is 478 g/mol. The summed E-state index contributed by atoms with van der Waals surface area (Å²) < 4.78 is 20.1. The van der Waals surface area contributed by atoms with Crippen LogP contribution in [-0.4, -0.2) is 55.3 Å². The molecule has 34 heavy (non-hydrogen) atoms. The third-order valence-electron chi connectivity index (χ3n) is 6.28. The highest BCUT2D eigenvalue weighted by Gasteiger charge is 2.56. The molecule has 2 aliphatic heterocycles. The molecule has 2 aliphatic rings. The molecule has 0 saturated carbocycles. The van der Waals surface area contributed by atoms with E-state index in [-0.39, 0.29) is 12.7 Å². The number of aliphatic hydroxyl groups is 1. The predicted octanol–water partition coefficient (Wildman–Crippen LogP) is 4.22. The number of hydrogen-bond acceptors (Lipinski definition) is 7. The van der Waals surface area contributed by atoms with Crippen LogP contribution in [0.3, 0.4) is 0 Å². The van der Waals surface area contributed by atoms with Crippen LogP contribution in [0, 0.1) is 0 Å². The van der Waals surface area contributed by atoms with Gasteiger partial charge in [-0.05, 0) is 37.1 Å². The lowest BCUT2D eigenvalue weighted by Gasteiger charge is -2.24. The summed E-state index contributed by atoms with van der Waals surface area (Å²) in [6.45, 7) is 3.55.